The second-order valence-electron chi connectivity index (χ2n) is 5.50. The number of anilines is 1. The number of rotatable bonds is 5. The molecule has 7 nitrogen and oxygen atoms in total. The highest BCUT2D eigenvalue weighted by atomic mass is 19.4. The fraction of sp³-hybridized carbons (Fsp3) is 0.176. The fourth-order valence-electron chi connectivity index (χ4n) is 2.13. The summed E-state index contributed by atoms with van der Waals surface area (Å²) in [4.78, 5) is 33.6. The highest BCUT2D eigenvalue weighted by molar-refractivity contribution is 5.98. The van der Waals surface area contributed by atoms with Gasteiger partial charge in [0.05, 0.1) is 21.7 Å². The molecule has 0 fully saturated rings. The number of carbonyl (C=O) groups is 2. The van der Waals surface area contributed by atoms with Gasteiger partial charge in [0.1, 0.15) is 5.82 Å². The summed E-state index contributed by atoms with van der Waals surface area (Å²) in [6.07, 6.45) is -6.55. The first-order chi connectivity index (χ1) is 13.0. The summed E-state index contributed by atoms with van der Waals surface area (Å²) in [6, 6.07) is 6.55. The van der Waals surface area contributed by atoms with Crippen molar-refractivity contribution in [2.45, 2.75) is 19.2 Å². The zero-order valence-corrected chi connectivity index (χ0v) is 14.1. The van der Waals surface area contributed by atoms with E-state index in [1.54, 1.807) is 0 Å². The van der Waals surface area contributed by atoms with Crippen molar-refractivity contribution < 1.29 is 36.8 Å². The molecule has 1 N–H and O–H groups in total. The number of ether oxygens (including phenoxy) is 1. The Balaban J connectivity index is 2.19. The Morgan fingerprint density at radius 2 is 1.82 bits per heavy atom. The summed E-state index contributed by atoms with van der Waals surface area (Å²) in [5.41, 5.74) is -3.46. The third-order valence-electron chi connectivity index (χ3n) is 3.52. The second kappa shape index (κ2) is 8.03. The van der Waals surface area contributed by atoms with E-state index < -0.39 is 57.4 Å². The fourth-order valence-corrected chi connectivity index (χ4v) is 2.13. The van der Waals surface area contributed by atoms with Crippen molar-refractivity contribution in [3.05, 3.63) is 69.5 Å². The number of carbonyl (C=O) groups excluding carboxylic acids is 2. The van der Waals surface area contributed by atoms with Gasteiger partial charge in [-0.25, -0.2) is 9.18 Å². The minimum Gasteiger partial charge on any atom is -0.449 e. The van der Waals surface area contributed by atoms with Gasteiger partial charge in [0.25, 0.3) is 11.6 Å². The number of nitrogens with zero attached hydrogens (tertiary/aromatic N) is 1. The van der Waals surface area contributed by atoms with Gasteiger partial charge in [-0.1, -0.05) is 12.1 Å². The van der Waals surface area contributed by atoms with Crippen LogP contribution in [0.1, 0.15) is 22.8 Å². The molecule has 2 rings (SSSR count). The van der Waals surface area contributed by atoms with Crippen molar-refractivity contribution in [1.82, 2.24) is 0 Å². The maximum absolute atomic E-state index is 13.5. The van der Waals surface area contributed by atoms with E-state index in [9.17, 15) is 37.3 Å². The van der Waals surface area contributed by atoms with Crippen LogP contribution in [0.15, 0.2) is 42.5 Å². The Labute approximate surface area is 155 Å². The van der Waals surface area contributed by atoms with Crippen molar-refractivity contribution in [3.8, 4) is 0 Å². The van der Waals surface area contributed by atoms with Crippen LogP contribution in [0.5, 0.6) is 0 Å². The van der Waals surface area contributed by atoms with Crippen LogP contribution < -0.4 is 5.32 Å². The Morgan fingerprint density at radius 3 is 2.39 bits per heavy atom. The molecule has 1 atom stereocenters. The number of alkyl halides is 3. The Morgan fingerprint density at radius 1 is 1.18 bits per heavy atom. The summed E-state index contributed by atoms with van der Waals surface area (Å²) in [5.74, 6) is -3.21. The molecule has 0 radical (unpaired) electrons. The second-order valence-corrected chi connectivity index (χ2v) is 5.50. The highest BCUT2D eigenvalue weighted by Gasteiger charge is 2.36. The normalized spacial score (nSPS) is 12.2. The van der Waals surface area contributed by atoms with Gasteiger partial charge in [-0.3, -0.25) is 14.9 Å². The molecule has 2 aromatic rings. The molecule has 0 bridgehead atoms. The first-order valence-electron chi connectivity index (χ1n) is 7.62. The molecule has 0 spiro atoms. The monoisotopic (exact) mass is 400 g/mol. The average Bonchev–Trinajstić information content (AvgIpc) is 2.61. The summed E-state index contributed by atoms with van der Waals surface area (Å²) in [6.45, 7) is 1.08. The molecule has 28 heavy (non-hydrogen) atoms. The molecule has 148 valence electrons. The van der Waals surface area contributed by atoms with Crippen LogP contribution in [-0.4, -0.2) is 22.9 Å². The van der Waals surface area contributed by atoms with Gasteiger partial charge in [0.15, 0.2) is 6.10 Å². The van der Waals surface area contributed by atoms with Gasteiger partial charge in [-0.2, -0.15) is 13.2 Å². The van der Waals surface area contributed by atoms with Crippen LogP contribution in [0.25, 0.3) is 0 Å². The van der Waals surface area contributed by atoms with Crippen LogP contribution in [0, 0.1) is 15.9 Å². The number of benzene rings is 2. The zero-order chi connectivity index (χ0) is 21.1. The van der Waals surface area contributed by atoms with Crippen molar-refractivity contribution in [2.24, 2.45) is 0 Å². The maximum Gasteiger partial charge on any atom is 0.418 e. The first-order valence-corrected chi connectivity index (χ1v) is 7.62. The third kappa shape index (κ3) is 4.81. The molecule has 0 saturated carbocycles. The van der Waals surface area contributed by atoms with E-state index >= 15 is 0 Å². The van der Waals surface area contributed by atoms with E-state index in [-0.39, 0.29) is 6.07 Å². The topological polar surface area (TPSA) is 98.5 Å². The lowest BCUT2D eigenvalue weighted by atomic mass is 10.1. The van der Waals surface area contributed by atoms with Crippen LogP contribution in [-0.2, 0) is 15.7 Å². The van der Waals surface area contributed by atoms with Crippen molar-refractivity contribution in [2.75, 3.05) is 5.32 Å². The Kier molecular flexibility index (Phi) is 5.96. The molecular formula is C17H12F4N2O5. The number of nitro groups is 1. The van der Waals surface area contributed by atoms with Gasteiger partial charge in [-0.05, 0) is 25.1 Å². The van der Waals surface area contributed by atoms with Crippen LogP contribution in [0.2, 0.25) is 0 Å². The molecule has 0 aliphatic carbocycles. The number of amides is 1. The predicted octanol–water partition coefficient (Wildman–Crippen LogP) is 3.94. The molecule has 0 aromatic heterocycles. The minimum absolute atomic E-state index is 0.269. The summed E-state index contributed by atoms with van der Waals surface area (Å²) < 4.78 is 57.7. The Bertz CT molecular complexity index is 930. The van der Waals surface area contributed by atoms with Crippen LogP contribution in [0.3, 0.4) is 0 Å². The molecule has 0 unspecified atom stereocenters. The zero-order valence-electron chi connectivity index (χ0n) is 14.1. The maximum atomic E-state index is 13.5. The number of hydrogen-bond acceptors (Lipinski definition) is 5. The van der Waals surface area contributed by atoms with Gasteiger partial charge < -0.3 is 10.1 Å². The van der Waals surface area contributed by atoms with Crippen LogP contribution in [0.4, 0.5) is 28.9 Å². The van der Waals surface area contributed by atoms with Crippen molar-refractivity contribution in [1.29, 1.82) is 0 Å². The average molecular weight is 400 g/mol. The summed E-state index contributed by atoms with van der Waals surface area (Å²) in [7, 11) is 0. The molecule has 0 aliphatic rings. The standard InChI is InChI=1S/C17H12F4N2O5/c1-9(28-16(25)11-4-2-3-5-13(11)18)15(24)22-14-7-6-10(23(26)27)8-12(14)17(19,20)21/h2-9H,1H3,(H,22,24)/t9-/m0/s1. The molecule has 0 aliphatic heterocycles. The van der Waals surface area contributed by atoms with E-state index in [0.29, 0.717) is 6.07 Å². The van der Waals surface area contributed by atoms with Crippen LogP contribution >= 0.6 is 0 Å². The molecule has 0 saturated heterocycles. The number of non-ortho nitro benzene ring substituents is 1. The number of esters is 1. The summed E-state index contributed by atoms with van der Waals surface area (Å²) in [5, 5.41) is 12.6. The molecule has 0 heterocycles. The molecule has 1 amide bonds. The van der Waals surface area contributed by atoms with E-state index in [1.165, 1.54) is 12.1 Å². The quantitative estimate of drug-likeness (QED) is 0.355. The Hall–Kier alpha value is -3.50. The number of halogens is 4. The molecular weight excluding hydrogens is 388 g/mol. The minimum atomic E-state index is -4.98. The predicted molar refractivity (Wildman–Crippen MR) is 88.0 cm³/mol. The number of nitro benzene ring substituents is 1. The van der Waals surface area contributed by atoms with E-state index in [4.69, 9.17) is 4.74 Å². The largest absolute Gasteiger partial charge is 0.449 e. The van der Waals surface area contributed by atoms with Gasteiger partial charge in [0.2, 0.25) is 0 Å². The molecule has 2 aromatic carbocycles. The lowest BCUT2D eigenvalue weighted by Gasteiger charge is -2.17. The van der Waals surface area contributed by atoms with E-state index in [0.717, 1.165) is 25.1 Å². The number of nitrogens with one attached hydrogen (secondary N) is 1. The van der Waals surface area contributed by atoms with Crippen molar-refractivity contribution >= 4 is 23.3 Å². The third-order valence-corrected chi connectivity index (χ3v) is 3.52. The SMILES string of the molecule is C[C@H](OC(=O)c1ccccc1F)C(=O)Nc1ccc([N+](=O)[O-])cc1C(F)(F)F. The van der Waals surface area contributed by atoms with Gasteiger partial charge in [0, 0.05) is 12.1 Å². The first kappa shape index (κ1) is 20.8. The van der Waals surface area contributed by atoms with E-state index in [1.807, 2.05) is 5.32 Å². The smallest absolute Gasteiger partial charge is 0.418 e. The van der Waals surface area contributed by atoms with E-state index in [2.05, 4.69) is 0 Å². The van der Waals surface area contributed by atoms with Gasteiger partial charge in [-0.15, -0.1) is 0 Å². The number of hydrogen-bond donors (Lipinski definition) is 1. The summed E-state index contributed by atoms with van der Waals surface area (Å²) >= 11 is 0. The lowest BCUT2D eigenvalue weighted by Crippen LogP contribution is -2.31. The van der Waals surface area contributed by atoms with Gasteiger partial charge >= 0.3 is 12.1 Å². The highest BCUT2D eigenvalue weighted by Crippen LogP contribution is 2.37. The molecule has 11 heteroatoms. The lowest BCUT2D eigenvalue weighted by molar-refractivity contribution is -0.385. The van der Waals surface area contributed by atoms with Crippen molar-refractivity contribution in [3.63, 3.8) is 0 Å².